The van der Waals surface area contributed by atoms with Crippen LogP contribution in [0.1, 0.15) is 41.5 Å². The summed E-state index contributed by atoms with van der Waals surface area (Å²) in [5, 5.41) is 0. The topological polar surface area (TPSA) is 46.6 Å². The minimum Gasteiger partial charge on any atom is -0.462 e. The standard InChI is InChI=1S/C14H19NO3/c1-5-15(4)13-8-11(10(3)16)7-12(9-13)14(17)18-6-2/h7-9H,5-6H2,1-4H3. The second kappa shape index (κ2) is 6.19. The second-order valence-corrected chi connectivity index (χ2v) is 4.06. The van der Waals surface area contributed by atoms with Gasteiger partial charge in [-0.2, -0.15) is 0 Å². The average molecular weight is 249 g/mol. The molecule has 4 heteroatoms. The molecule has 0 bridgehead atoms. The summed E-state index contributed by atoms with van der Waals surface area (Å²) in [6.45, 7) is 6.36. The van der Waals surface area contributed by atoms with E-state index >= 15 is 0 Å². The molecule has 0 heterocycles. The maximum atomic E-state index is 11.7. The van der Waals surface area contributed by atoms with Gasteiger partial charge in [0.2, 0.25) is 0 Å². The van der Waals surface area contributed by atoms with Gasteiger partial charge in [0, 0.05) is 24.8 Å². The first-order valence-corrected chi connectivity index (χ1v) is 6.03. The molecule has 0 radical (unpaired) electrons. The van der Waals surface area contributed by atoms with E-state index in [2.05, 4.69) is 0 Å². The SMILES string of the molecule is CCOC(=O)c1cc(C(C)=O)cc(N(C)CC)c1. The number of Topliss-reactive ketones (excluding diaryl/α,β-unsaturated/α-hetero) is 1. The fraction of sp³-hybridized carbons (Fsp3) is 0.429. The molecule has 0 aliphatic rings. The molecule has 0 fully saturated rings. The molecule has 0 unspecified atom stereocenters. The predicted molar refractivity (Wildman–Crippen MR) is 71.3 cm³/mol. The molecule has 0 spiro atoms. The van der Waals surface area contributed by atoms with Gasteiger partial charge in [-0.05, 0) is 39.0 Å². The molecule has 0 aromatic heterocycles. The molecule has 18 heavy (non-hydrogen) atoms. The Morgan fingerprint density at radius 2 is 1.78 bits per heavy atom. The highest BCUT2D eigenvalue weighted by Gasteiger charge is 2.13. The van der Waals surface area contributed by atoms with Crippen LogP contribution < -0.4 is 4.90 Å². The first-order chi connectivity index (χ1) is 8.49. The lowest BCUT2D eigenvalue weighted by Crippen LogP contribution is -2.17. The van der Waals surface area contributed by atoms with Crippen LogP contribution in [0.4, 0.5) is 5.69 Å². The molecule has 4 nitrogen and oxygen atoms in total. The average Bonchev–Trinajstić information content (AvgIpc) is 2.37. The largest absolute Gasteiger partial charge is 0.462 e. The molecule has 0 amide bonds. The molecule has 1 aromatic rings. The monoisotopic (exact) mass is 249 g/mol. The van der Waals surface area contributed by atoms with E-state index < -0.39 is 5.97 Å². The number of ketones is 1. The van der Waals surface area contributed by atoms with E-state index in [-0.39, 0.29) is 5.78 Å². The fourth-order valence-corrected chi connectivity index (χ4v) is 1.55. The highest BCUT2D eigenvalue weighted by atomic mass is 16.5. The zero-order valence-corrected chi connectivity index (χ0v) is 11.3. The Labute approximate surface area is 108 Å². The highest BCUT2D eigenvalue weighted by Crippen LogP contribution is 2.19. The van der Waals surface area contributed by atoms with Crippen LogP contribution in [0.25, 0.3) is 0 Å². The van der Waals surface area contributed by atoms with Crippen LogP contribution in [0.2, 0.25) is 0 Å². The van der Waals surface area contributed by atoms with E-state index in [9.17, 15) is 9.59 Å². The minimum atomic E-state index is -0.397. The number of ether oxygens (including phenoxy) is 1. The number of nitrogens with zero attached hydrogens (tertiary/aromatic N) is 1. The number of hydrogen-bond donors (Lipinski definition) is 0. The van der Waals surface area contributed by atoms with Crippen molar-refractivity contribution in [2.45, 2.75) is 20.8 Å². The Balaban J connectivity index is 3.21. The third-order valence-corrected chi connectivity index (χ3v) is 2.75. The predicted octanol–water partition coefficient (Wildman–Crippen LogP) is 2.52. The first-order valence-electron chi connectivity index (χ1n) is 6.03. The Kier molecular flexibility index (Phi) is 4.89. The van der Waals surface area contributed by atoms with Gasteiger partial charge in [-0.15, -0.1) is 0 Å². The molecule has 1 rings (SSSR count). The molecular formula is C14H19NO3. The minimum absolute atomic E-state index is 0.0631. The zero-order valence-electron chi connectivity index (χ0n) is 11.3. The molecular weight excluding hydrogens is 230 g/mol. The fourth-order valence-electron chi connectivity index (χ4n) is 1.55. The van der Waals surface area contributed by atoms with Crippen molar-refractivity contribution in [2.75, 3.05) is 25.1 Å². The molecule has 0 N–H and O–H groups in total. The van der Waals surface area contributed by atoms with E-state index in [1.165, 1.54) is 6.92 Å². The summed E-state index contributed by atoms with van der Waals surface area (Å²) >= 11 is 0. The summed E-state index contributed by atoms with van der Waals surface area (Å²) in [6.07, 6.45) is 0. The summed E-state index contributed by atoms with van der Waals surface area (Å²) in [4.78, 5) is 25.2. The number of anilines is 1. The highest BCUT2D eigenvalue weighted by molar-refractivity contribution is 5.99. The lowest BCUT2D eigenvalue weighted by molar-refractivity contribution is 0.0526. The van der Waals surface area contributed by atoms with Crippen molar-refractivity contribution in [3.8, 4) is 0 Å². The van der Waals surface area contributed by atoms with Gasteiger partial charge in [0.25, 0.3) is 0 Å². The van der Waals surface area contributed by atoms with Crippen LogP contribution in [-0.4, -0.2) is 32.0 Å². The van der Waals surface area contributed by atoms with Gasteiger partial charge in [-0.1, -0.05) is 0 Å². The van der Waals surface area contributed by atoms with Gasteiger partial charge in [0.15, 0.2) is 5.78 Å². The smallest absolute Gasteiger partial charge is 0.338 e. The third-order valence-electron chi connectivity index (χ3n) is 2.75. The molecule has 0 aliphatic heterocycles. The lowest BCUT2D eigenvalue weighted by Gasteiger charge is -2.18. The zero-order chi connectivity index (χ0) is 13.7. The van der Waals surface area contributed by atoms with Gasteiger partial charge in [-0.3, -0.25) is 4.79 Å². The molecule has 98 valence electrons. The van der Waals surface area contributed by atoms with E-state index in [1.807, 2.05) is 18.9 Å². The maximum Gasteiger partial charge on any atom is 0.338 e. The first kappa shape index (κ1) is 14.2. The third kappa shape index (κ3) is 3.32. The molecule has 1 aromatic carbocycles. The van der Waals surface area contributed by atoms with Gasteiger partial charge in [-0.25, -0.2) is 4.79 Å². The number of benzene rings is 1. The Bertz CT molecular complexity index is 454. The maximum absolute atomic E-state index is 11.7. The van der Waals surface area contributed by atoms with Gasteiger partial charge in [0.1, 0.15) is 0 Å². The number of rotatable bonds is 5. The van der Waals surface area contributed by atoms with Crippen molar-refractivity contribution in [3.63, 3.8) is 0 Å². The summed E-state index contributed by atoms with van der Waals surface area (Å²) in [6, 6.07) is 5.11. The van der Waals surface area contributed by atoms with Crippen LogP contribution in [0.15, 0.2) is 18.2 Å². The summed E-state index contributed by atoms with van der Waals surface area (Å²) in [5.41, 5.74) is 1.78. The Hall–Kier alpha value is -1.84. The molecule has 0 atom stereocenters. The van der Waals surface area contributed by atoms with Crippen LogP contribution in [0.3, 0.4) is 0 Å². The summed E-state index contributed by atoms with van der Waals surface area (Å²) in [7, 11) is 1.91. The number of carbonyl (C=O) groups excluding carboxylic acids is 2. The Morgan fingerprint density at radius 1 is 1.17 bits per heavy atom. The molecule has 0 saturated carbocycles. The van der Waals surface area contributed by atoms with E-state index in [0.717, 1.165) is 12.2 Å². The van der Waals surface area contributed by atoms with Crippen molar-refractivity contribution >= 4 is 17.4 Å². The van der Waals surface area contributed by atoms with Crippen LogP contribution in [0, 0.1) is 0 Å². The molecule has 0 aliphatic carbocycles. The van der Waals surface area contributed by atoms with Crippen LogP contribution >= 0.6 is 0 Å². The quantitative estimate of drug-likeness (QED) is 0.594. The van der Waals surface area contributed by atoms with Crippen molar-refractivity contribution < 1.29 is 14.3 Å². The van der Waals surface area contributed by atoms with Crippen molar-refractivity contribution in [1.82, 2.24) is 0 Å². The lowest BCUT2D eigenvalue weighted by atomic mass is 10.1. The van der Waals surface area contributed by atoms with Crippen molar-refractivity contribution in [1.29, 1.82) is 0 Å². The van der Waals surface area contributed by atoms with E-state index in [4.69, 9.17) is 4.74 Å². The van der Waals surface area contributed by atoms with Crippen LogP contribution in [0.5, 0.6) is 0 Å². The van der Waals surface area contributed by atoms with E-state index in [1.54, 1.807) is 25.1 Å². The van der Waals surface area contributed by atoms with Gasteiger partial charge < -0.3 is 9.64 Å². The van der Waals surface area contributed by atoms with Crippen LogP contribution in [-0.2, 0) is 4.74 Å². The van der Waals surface area contributed by atoms with Gasteiger partial charge in [0.05, 0.1) is 12.2 Å². The van der Waals surface area contributed by atoms with Crippen molar-refractivity contribution in [3.05, 3.63) is 29.3 Å². The number of hydrogen-bond acceptors (Lipinski definition) is 4. The number of carbonyl (C=O) groups is 2. The normalized spacial score (nSPS) is 10.0. The summed E-state index contributed by atoms with van der Waals surface area (Å²) < 4.78 is 4.96. The van der Waals surface area contributed by atoms with E-state index in [0.29, 0.717) is 17.7 Å². The molecule has 0 saturated heterocycles. The van der Waals surface area contributed by atoms with Gasteiger partial charge >= 0.3 is 5.97 Å². The second-order valence-electron chi connectivity index (χ2n) is 4.06. The summed E-state index contributed by atoms with van der Waals surface area (Å²) in [5.74, 6) is -0.460. The Morgan fingerprint density at radius 3 is 2.28 bits per heavy atom. The number of esters is 1. The van der Waals surface area contributed by atoms with Crippen molar-refractivity contribution in [2.24, 2.45) is 0 Å².